The van der Waals surface area contributed by atoms with Gasteiger partial charge in [-0.1, -0.05) is 0 Å². The Kier molecular flexibility index (Phi) is 5.49. The first-order valence-electron chi connectivity index (χ1n) is 5.81. The minimum Gasteiger partial charge on any atom is -0.349 e. The van der Waals surface area contributed by atoms with Crippen LogP contribution >= 0.6 is 38.6 Å². The molecule has 114 valence electrons. The van der Waals surface area contributed by atoms with Crippen molar-refractivity contribution in [1.29, 1.82) is 0 Å². The highest BCUT2D eigenvalue weighted by molar-refractivity contribution is 9.11. The van der Waals surface area contributed by atoms with Crippen LogP contribution < -0.4 is 10.0 Å². The number of thiophene rings is 1. The van der Waals surface area contributed by atoms with Crippen LogP contribution in [0.2, 0.25) is 0 Å². The molecule has 0 radical (unpaired) electrons. The van der Waals surface area contributed by atoms with Crippen LogP contribution in [0.5, 0.6) is 0 Å². The van der Waals surface area contributed by atoms with E-state index in [1.165, 1.54) is 24.3 Å². The number of halogens is 1. The Morgan fingerprint density at radius 1 is 1.48 bits per heavy atom. The number of hydrogen-bond acceptors (Lipinski definition) is 6. The number of nitrogens with zero attached hydrogens (tertiary/aromatic N) is 1. The summed E-state index contributed by atoms with van der Waals surface area (Å²) in [7, 11) is -3.69. The van der Waals surface area contributed by atoms with Crippen LogP contribution in [0.4, 0.5) is 0 Å². The molecular weight excluding hydrogens is 398 g/mol. The summed E-state index contributed by atoms with van der Waals surface area (Å²) < 4.78 is 27.4. The minimum atomic E-state index is -3.69. The topological polar surface area (TPSA) is 88.2 Å². The fourth-order valence-electron chi connectivity index (χ4n) is 1.44. The third-order valence-electron chi connectivity index (χ3n) is 2.47. The summed E-state index contributed by atoms with van der Waals surface area (Å²) >= 11 is 5.73. The van der Waals surface area contributed by atoms with Gasteiger partial charge < -0.3 is 5.32 Å². The minimum absolute atomic E-state index is 0.161. The van der Waals surface area contributed by atoms with E-state index in [2.05, 4.69) is 31.0 Å². The van der Waals surface area contributed by atoms with Crippen LogP contribution in [0, 0.1) is 0 Å². The molecule has 0 saturated heterocycles. The Labute approximate surface area is 138 Å². The van der Waals surface area contributed by atoms with E-state index >= 15 is 0 Å². The monoisotopic (exact) mass is 409 g/mol. The zero-order chi connectivity index (χ0) is 15.5. The van der Waals surface area contributed by atoms with Crippen LogP contribution in [-0.4, -0.2) is 25.4 Å². The van der Waals surface area contributed by atoms with Crippen LogP contribution in [0.3, 0.4) is 0 Å². The van der Waals surface area contributed by atoms with Crippen molar-refractivity contribution in [2.24, 2.45) is 0 Å². The second-order valence-corrected chi connectivity index (χ2v) is 9.22. The van der Waals surface area contributed by atoms with Crippen molar-refractivity contribution in [3.05, 3.63) is 32.5 Å². The summed E-state index contributed by atoms with van der Waals surface area (Å²) in [5.41, 5.74) is 2.41. The maximum atomic E-state index is 12.1. The van der Waals surface area contributed by atoms with Gasteiger partial charge >= 0.3 is 0 Å². The van der Waals surface area contributed by atoms with Gasteiger partial charge in [0.15, 0.2) is 0 Å². The second-order valence-electron chi connectivity index (χ2n) is 4.10. The number of amides is 1. The zero-order valence-electron chi connectivity index (χ0n) is 10.9. The lowest BCUT2D eigenvalue weighted by Crippen LogP contribution is -2.44. The Hall–Kier alpha value is -0.810. The van der Waals surface area contributed by atoms with Gasteiger partial charge in [-0.2, -0.15) is 4.72 Å². The molecule has 2 N–H and O–H groups in total. The van der Waals surface area contributed by atoms with Crippen molar-refractivity contribution in [1.82, 2.24) is 15.0 Å². The van der Waals surface area contributed by atoms with E-state index in [-0.39, 0.29) is 10.8 Å². The molecule has 0 aliphatic rings. The predicted octanol–water partition coefficient (Wildman–Crippen LogP) is 1.95. The van der Waals surface area contributed by atoms with E-state index in [1.54, 1.807) is 11.6 Å². The molecule has 0 spiro atoms. The maximum Gasteiger partial charge on any atom is 0.250 e. The first kappa shape index (κ1) is 16.6. The summed E-state index contributed by atoms with van der Waals surface area (Å²) in [6.07, 6.45) is 0. The van der Waals surface area contributed by atoms with Gasteiger partial charge in [0.1, 0.15) is 4.21 Å². The number of sulfonamides is 1. The summed E-state index contributed by atoms with van der Waals surface area (Å²) in [4.78, 5) is 15.9. The van der Waals surface area contributed by atoms with Crippen LogP contribution in [-0.2, 0) is 21.4 Å². The largest absolute Gasteiger partial charge is 0.349 e. The Bertz CT molecular complexity index is 712. The molecule has 0 bridgehead atoms. The highest BCUT2D eigenvalue weighted by atomic mass is 79.9. The number of carbonyl (C=O) groups is 1. The highest BCUT2D eigenvalue weighted by Gasteiger charge is 2.23. The zero-order valence-corrected chi connectivity index (χ0v) is 14.9. The van der Waals surface area contributed by atoms with Crippen molar-refractivity contribution in [3.8, 4) is 0 Å². The molecular formula is C11H12BrN3O3S3. The molecule has 1 amide bonds. The first-order chi connectivity index (χ1) is 9.88. The molecule has 0 aliphatic heterocycles. The van der Waals surface area contributed by atoms with Gasteiger partial charge in [-0.15, -0.1) is 22.7 Å². The van der Waals surface area contributed by atoms with Gasteiger partial charge in [-0.3, -0.25) is 4.79 Å². The summed E-state index contributed by atoms with van der Waals surface area (Å²) in [6, 6.07) is 2.26. The van der Waals surface area contributed by atoms with Crippen molar-refractivity contribution in [3.63, 3.8) is 0 Å². The SMILES string of the molecule is C[C@H](NS(=O)(=O)c1ccc(Br)s1)C(=O)NCc1cscn1. The van der Waals surface area contributed by atoms with Crippen LogP contribution in [0.25, 0.3) is 0 Å². The molecule has 2 aromatic rings. The second kappa shape index (κ2) is 6.97. The Morgan fingerprint density at radius 3 is 2.81 bits per heavy atom. The highest BCUT2D eigenvalue weighted by Crippen LogP contribution is 2.25. The van der Waals surface area contributed by atoms with Crippen molar-refractivity contribution in [2.75, 3.05) is 0 Å². The van der Waals surface area contributed by atoms with Gasteiger partial charge in [0.2, 0.25) is 5.91 Å². The molecule has 21 heavy (non-hydrogen) atoms. The van der Waals surface area contributed by atoms with Gasteiger partial charge in [0, 0.05) is 5.38 Å². The van der Waals surface area contributed by atoms with E-state index in [0.717, 1.165) is 17.0 Å². The summed E-state index contributed by atoms with van der Waals surface area (Å²) in [6.45, 7) is 1.77. The molecule has 0 fully saturated rings. The smallest absolute Gasteiger partial charge is 0.250 e. The van der Waals surface area contributed by atoms with E-state index < -0.39 is 22.0 Å². The lowest BCUT2D eigenvalue weighted by atomic mass is 10.3. The third kappa shape index (κ3) is 4.58. The van der Waals surface area contributed by atoms with E-state index in [4.69, 9.17) is 0 Å². The Balaban J connectivity index is 1.93. The van der Waals surface area contributed by atoms with E-state index in [0.29, 0.717) is 3.79 Å². The first-order valence-corrected chi connectivity index (χ1v) is 9.84. The van der Waals surface area contributed by atoms with Gasteiger partial charge in [0.05, 0.1) is 27.6 Å². The number of hydrogen-bond donors (Lipinski definition) is 2. The summed E-state index contributed by atoms with van der Waals surface area (Å²) in [5.74, 6) is -0.401. The maximum absolute atomic E-state index is 12.1. The molecule has 2 aromatic heterocycles. The van der Waals surface area contributed by atoms with Gasteiger partial charge in [-0.05, 0) is 35.0 Å². The van der Waals surface area contributed by atoms with Crippen molar-refractivity contribution >= 4 is 54.5 Å². The fourth-order valence-corrected chi connectivity index (χ4v) is 5.23. The predicted molar refractivity (Wildman–Crippen MR) is 85.8 cm³/mol. The number of aromatic nitrogens is 1. The van der Waals surface area contributed by atoms with Gasteiger partial charge in [-0.25, -0.2) is 13.4 Å². The summed E-state index contributed by atoms with van der Waals surface area (Å²) in [5, 5.41) is 4.45. The third-order valence-corrected chi connectivity index (χ3v) is 6.76. The molecule has 1 atom stereocenters. The molecule has 2 heterocycles. The quantitative estimate of drug-likeness (QED) is 0.762. The number of carbonyl (C=O) groups excluding carboxylic acids is 1. The Morgan fingerprint density at radius 2 is 2.24 bits per heavy atom. The number of nitrogens with one attached hydrogen (secondary N) is 2. The van der Waals surface area contributed by atoms with Crippen molar-refractivity contribution in [2.45, 2.75) is 23.7 Å². The average Bonchev–Trinajstić information content (AvgIpc) is 3.06. The van der Waals surface area contributed by atoms with E-state index in [9.17, 15) is 13.2 Å². The van der Waals surface area contributed by atoms with Crippen molar-refractivity contribution < 1.29 is 13.2 Å². The fraction of sp³-hybridized carbons (Fsp3) is 0.273. The lowest BCUT2D eigenvalue weighted by molar-refractivity contribution is -0.122. The standard InChI is InChI=1S/C11H12BrN3O3S3/c1-7(11(16)13-4-8-5-19-6-14-8)15-21(17,18)10-3-2-9(12)20-10/h2-3,5-7,15H,4H2,1H3,(H,13,16)/t7-/m0/s1. The van der Waals surface area contributed by atoms with Crippen LogP contribution in [0.15, 0.2) is 31.0 Å². The van der Waals surface area contributed by atoms with Crippen LogP contribution in [0.1, 0.15) is 12.6 Å². The molecule has 0 saturated carbocycles. The number of rotatable bonds is 6. The molecule has 0 unspecified atom stereocenters. The van der Waals surface area contributed by atoms with Gasteiger partial charge in [0.25, 0.3) is 10.0 Å². The lowest BCUT2D eigenvalue weighted by Gasteiger charge is -2.13. The molecule has 0 aromatic carbocycles. The van der Waals surface area contributed by atoms with E-state index in [1.807, 2.05) is 5.38 Å². The number of thiazole rings is 1. The molecule has 6 nitrogen and oxygen atoms in total. The molecule has 10 heteroatoms. The molecule has 2 rings (SSSR count). The average molecular weight is 410 g/mol. The molecule has 0 aliphatic carbocycles. The normalized spacial score (nSPS) is 13.0.